The second-order valence-corrected chi connectivity index (χ2v) is 5.27. The number of fused-ring (bicyclic) bond motifs is 1. The number of hydrogen-bond donors (Lipinski definition) is 1. The lowest BCUT2D eigenvalue weighted by molar-refractivity contribution is 0.813. The Morgan fingerprint density at radius 3 is 2.70 bits per heavy atom. The zero-order valence-corrected chi connectivity index (χ0v) is 12.1. The van der Waals surface area contributed by atoms with E-state index >= 15 is 0 Å². The van der Waals surface area contributed by atoms with Crippen molar-refractivity contribution in [1.82, 2.24) is 4.98 Å². The number of pyridine rings is 1. The third-order valence-electron chi connectivity index (χ3n) is 3.55. The van der Waals surface area contributed by atoms with Crippen LogP contribution in [-0.2, 0) is 0 Å². The molecular formula is C15H16N4S. The lowest BCUT2D eigenvalue weighted by Gasteiger charge is -2.36. The normalized spacial score (nSPS) is 14.1. The Morgan fingerprint density at radius 2 is 1.95 bits per heavy atom. The van der Waals surface area contributed by atoms with E-state index in [1.54, 1.807) is 6.20 Å². The molecule has 0 radical (unpaired) electrons. The van der Waals surface area contributed by atoms with Gasteiger partial charge >= 0.3 is 0 Å². The van der Waals surface area contributed by atoms with E-state index in [0.29, 0.717) is 4.99 Å². The van der Waals surface area contributed by atoms with Crippen molar-refractivity contribution in [3.63, 3.8) is 0 Å². The molecule has 1 aliphatic heterocycles. The molecule has 102 valence electrons. The van der Waals surface area contributed by atoms with Crippen molar-refractivity contribution in [2.75, 3.05) is 29.9 Å². The summed E-state index contributed by atoms with van der Waals surface area (Å²) < 4.78 is 0. The molecule has 1 aromatic carbocycles. The van der Waals surface area contributed by atoms with Crippen molar-refractivity contribution >= 4 is 34.4 Å². The van der Waals surface area contributed by atoms with Gasteiger partial charge < -0.3 is 15.5 Å². The average Bonchev–Trinajstić information content (AvgIpc) is 2.48. The van der Waals surface area contributed by atoms with Crippen molar-refractivity contribution in [1.29, 1.82) is 0 Å². The monoisotopic (exact) mass is 284 g/mol. The zero-order chi connectivity index (χ0) is 14.1. The van der Waals surface area contributed by atoms with E-state index in [2.05, 4.69) is 40.0 Å². The average molecular weight is 284 g/mol. The molecule has 1 aromatic heterocycles. The summed E-state index contributed by atoms with van der Waals surface area (Å²) in [5.41, 5.74) is 8.92. The third-order valence-corrected chi connectivity index (χ3v) is 3.79. The zero-order valence-electron chi connectivity index (χ0n) is 11.3. The molecule has 3 rings (SSSR count). The maximum atomic E-state index is 5.71. The van der Waals surface area contributed by atoms with Gasteiger partial charge in [0.15, 0.2) is 0 Å². The van der Waals surface area contributed by atoms with Gasteiger partial charge in [-0.1, -0.05) is 24.4 Å². The molecule has 0 saturated heterocycles. The summed E-state index contributed by atoms with van der Waals surface area (Å²) in [4.78, 5) is 9.32. The topological polar surface area (TPSA) is 45.4 Å². The van der Waals surface area contributed by atoms with E-state index < -0.39 is 0 Å². The predicted octanol–water partition coefficient (Wildman–Crippen LogP) is 2.30. The van der Waals surface area contributed by atoms with E-state index in [1.807, 2.05) is 18.2 Å². The lowest BCUT2D eigenvalue weighted by atomic mass is 10.1. The molecule has 20 heavy (non-hydrogen) atoms. The van der Waals surface area contributed by atoms with Crippen LogP contribution >= 0.6 is 12.2 Å². The predicted molar refractivity (Wildman–Crippen MR) is 86.8 cm³/mol. The summed E-state index contributed by atoms with van der Waals surface area (Å²) in [6, 6.07) is 12.1. The van der Waals surface area contributed by atoms with Crippen molar-refractivity contribution in [2.45, 2.75) is 0 Å². The summed E-state index contributed by atoms with van der Waals surface area (Å²) in [5, 5.41) is 0. The highest BCUT2D eigenvalue weighted by atomic mass is 32.1. The lowest BCUT2D eigenvalue weighted by Crippen LogP contribution is -2.36. The smallest absolute Gasteiger partial charge is 0.133 e. The van der Waals surface area contributed by atoms with Gasteiger partial charge in [0, 0.05) is 31.9 Å². The molecule has 0 fully saturated rings. The highest BCUT2D eigenvalue weighted by Gasteiger charge is 2.21. The van der Waals surface area contributed by atoms with Crippen LogP contribution in [0, 0.1) is 0 Å². The first-order chi connectivity index (χ1) is 9.66. The van der Waals surface area contributed by atoms with Gasteiger partial charge in [-0.05, 0) is 24.3 Å². The van der Waals surface area contributed by atoms with Gasteiger partial charge in [0.05, 0.1) is 11.4 Å². The van der Waals surface area contributed by atoms with Gasteiger partial charge in [-0.3, -0.25) is 0 Å². The van der Waals surface area contributed by atoms with Gasteiger partial charge in [-0.25, -0.2) is 4.98 Å². The van der Waals surface area contributed by atoms with Crippen LogP contribution in [0.25, 0.3) is 0 Å². The van der Waals surface area contributed by atoms with Crippen molar-refractivity contribution in [2.24, 2.45) is 5.73 Å². The Morgan fingerprint density at radius 1 is 1.20 bits per heavy atom. The van der Waals surface area contributed by atoms with Crippen LogP contribution in [0.15, 0.2) is 42.6 Å². The number of nitrogens with two attached hydrogens (primary N) is 1. The fourth-order valence-electron chi connectivity index (χ4n) is 2.46. The number of likely N-dealkylation sites (N-methyl/N-ethyl adjacent to an activating group) is 1. The van der Waals surface area contributed by atoms with E-state index in [9.17, 15) is 0 Å². The summed E-state index contributed by atoms with van der Waals surface area (Å²) in [7, 11) is 2.11. The Balaban J connectivity index is 2.05. The van der Waals surface area contributed by atoms with Gasteiger partial charge in [0.25, 0.3) is 0 Å². The number of hydrogen-bond acceptors (Lipinski definition) is 4. The first-order valence-corrected chi connectivity index (χ1v) is 6.91. The number of benzene rings is 1. The molecule has 2 aromatic rings. The second-order valence-electron chi connectivity index (χ2n) is 4.83. The van der Waals surface area contributed by atoms with Crippen LogP contribution in [0.5, 0.6) is 0 Å². The van der Waals surface area contributed by atoms with Crippen LogP contribution in [0.3, 0.4) is 0 Å². The van der Waals surface area contributed by atoms with Gasteiger partial charge in [0.2, 0.25) is 0 Å². The van der Waals surface area contributed by atoms with Crippen molar-refractivity contribution < 1.29 is 0 Å². The first-order valence-electron chi connectivity index (χ1n) is 6.50. The molecular weight excluding hydrogens is 268 g/mol. The standard InChI is InChI=1S/C15H16N4S/c1-18-8-9-19(13-5-3-2-4-12(13)18)14-10-11(15(16)20)6-7-17-14/h2-7,10H,8-9H2,1H3,(H2,16,20). The molecule has 0 bridgehead atoms. The number of rotatable bonds is 2. The summed E-state index contributed by atoms with van der Waals surface area (Å²) in [6.45, 7) is 1.84. The highest BCUT2D eigenvalue weighted by molar-refractivity contribution is 7.80. The number of aromatic nitrogens is 1. The van der Waals surface area contributed by atoms with Crippen LogP contribution < -0.4 is 15.5 Å². The van der Waals surface area contributed by atoms with Crippen LogP contribution in [-0.4, -0.2) is 30.1 Å². The van der Waals surface area contributed by atoms with Gasteiger partial charge in [-0.15, -0.1) is 0 Å². The van der Waals surface area contributed by atoms with Gasteiger partial charge in [0.1, 0.15) is 10.8 Å². The SMILES string of the molecule is CN1CCN(c2cc(C(N)=S)ccn2)c2ccccc21. The number of para-hydroxylation sites is 2. The molecule has 0 spiro atoms. The fraction of sp³-hybridized carbons (Fsp3) is 0.200. The molecule has 0 saturated carbocycles. The summed E-state index contributed by atoms with van der Waals surface area (Å²) in [5.74, 6) is 0.885. The van der Waals surface area contributed by atoms with Crippen LogP contribution in [0.4, 0.5) is 17.2 Å². The van der Waals surface area contributed by atoms with E-state index in [-0.39, 0.29) is 0 Å². The van der Waals surface area contributed by atoms with Crippen molar-refractivity contribution in [3.05, 3.63) is 48.2 Å². The Hall–Kier alpha value is -2.14. The quantitative estimate of drug-likeness (QED) is 0.857. The second kappa shape index (κ2) is 5.09. The minimum absolute atomic E-state index is 0.399. The van der Waals surface area contributed by atoms with Crippen LogP contribution in [0.1, 0.15) is 5.56 Å². The number of nitrogens with zero attached hydrogens (tertiary/aromatic N) is 3. The molecule has 0 unspecified atom stereocenters. The minimum Gasteiger partial charge on any atom is -0.389 e. The largest absolute Gasteiger partial charge is 0.389 e. The van der Waals surface area contributed by atoms with E-state index in [0.717, 1.165) is 30.2 Å². The summed E-state index contributed by atoms with van der Waals surface area (Å²) >= 11 is 5.04. The Bertz CT molecular complexity index is 656. The fourth-order valence-corrected chi connectivity index (χ4v) is 2.59. The van der Waals surface area contributed by atoms with Gasteiger partial charge in [-0.2, -0.15) is 0 Å². The Kier molecular flexibility index (Phi) is 3.28. The molecule has 1 aliphatic rings. The Labute approximate surface area is 123 Å². The van der Waals surface area contributed by atoms with E-state index in [4.69, 9.17) is 18.0 Å². The molecule has 0 amide bonds. The summed E-state index contributed by atoms with van der Waals surface area (Å²) in [6.07, 6.45) is 1.75. The number of anilines is 3. The third kappa shape index (κ3) is 2.20. The highest BCUT2D eigenvalue weighted by Crippen LogP contribution is 2.35. The molecule has 0 aliphatic carbocycles. The number of thiocarbonyl (C=S) groups is 1. The molecule has 2 N–H and O–H groups in total. The van der Waals surface area contributed by atoms with Crippen molar-refractivity contribution in [3.8, 4) is 0 Å². The minimum atomic E-state index is 0.399. The van der Waals surface area contributed by atoms with E-state index in [1.165, 1.54) is 5.69 Å². The molecule has 2 heterocycles. The molecule has 0 atom stereocenters. The van der Waals surface area contributed by atoms with Crippen LogP contribution in [0.2, 0.25) is 0 Å². The molecule has 4 nitrogen and oxygen atoms in total. The maximum absolute atomic E-state index is 5.71. The molecule has 5 heteroatoms. The maximum Gasteiger partial charge on any atom is 0.133 e. The first kappa shape index (κ1) is 12.9.